The van der Waals surface area contributed by atoms with Crippen molar-refractivity contribution < 1.29 is 14.1 Å². The van der Waals surface area contributed by atoms with Crippen molar-refractivity contribution in [2.45, 2.75) is 12.8 Å². The number of nitrogens with one attached hydrogen (secondary N) is 1. The number of carbonyl (C=O) groups is 2. The summed E-state index contributed by atoms with van der Waals surface area (Å²) >= 11 is 4.30. The fourth-order valence-corrected chi connectivity index (χ4v) is 0.882. The molecule has 0 atom stereocenters. The quantitative estimate of drug-likeness (QED) is 0.428. The second kappa shape index (κ2) is 2.18. The van der Waals surface area contributed by atoms with Crippen LogP contribution in [0.15, 0.2) is 0 Å². The van der Waals surface area contributed by atoms with Gasteiger partial charge in [0.05, 0.1) is 0 Å². The van der Waals surface area contributed by atoms with Crippen LogP contribution in [0, 0.1) is 0 Å². The number of imide groups is 1. The number of rotatable bonds is 1. The fraction of sp³-hybridized carbons (Fsp3) is 0.500. The van der Waals surface area contributed by atoms with Crippen LogP contribution in [0.3, 0.4) is 0 Å². The Morgan fingerprint density at radius 3 is 2.00 bits per heavy atom. The summed E-state index contributed by atoms with van der Waals surface area (Å²) in [7, 11) is 0. The van der Waals surface area contributed by atoms with Gasteiger partial charge in [-0.15, -0.1) is 0 Å². The third-order valence-corrected chi connectivity index (χ3v) is 1.33. The van der Waals surface area contributed by atoms with Crippen LogP contribution in [-0.4, -0.2) is 16.8 Å². The van der Waals surface area contributed by atoms with E-state index in [1.807, 2.05) is 0 Å². The Morgan fingerprint density at radius 1 is 1.33 bits per heavy atom. The van der Waals surface area contributed by atoms with Crippen molar-refractivity contribution in [1.29, 1.82) is 0 Å². The first-order chi connectivity index (χ1) is 4.25. The minimum Gasteiger partial charge on any atom is -0.268 e. The molecule has 2 amide bonds. The zero-order valence-corrected chi connectivity index (χ0v) is 5.40. The molecule has 48 valence electrons. The summed E-state index contributed by atoms with van der Waals surface area (Å²) in [4.78, 5) is 21.2. The second-order valence-corrected chi connectivity index (χ2v) is 1.90. The molecule has 0 unspecified atom stereocenters. The molecule has 0 saturated carbocycles. The minimum atomic E-state index is -0.241. The molecular formula is C4H5N2O2S+. The van der Waals surface area contributed by atoms with Crippen molar-refractivity contribution in [3.63, 3.8) is 0 Å². The number of nitrogens with zero attached hydrogens (tertiary/aromatic N) is 1. The molecule has 0 aliphatic carbocycles. The van der Waals surface area contributed by atoms with Gasteiger partial charge in [-0.3, -0.25) is 9.59 Å². The van der Waals surface area contributed by atoms with Crippen LogP contribution in [-0.2, 0) is 22.0 Å². The lowest BCUT2D eigenvalue weighted by Gasteiger charge is -1.92. The lowest BCUT2D eigenvalue weighted by atomic mass is 10.4. The number of amides is 2. The van der Waals surface area contributed by atoms with Gasteiger partial charge >= 0.3 is 0 Å². The van der Waals surface area contributed by atoms with Gasteiger partial charge in [0.15, 0.2) is 0 Å². The van der Waals surface area contributed by atoms with E-state index in [1.54, 1.807) is 0 Å². The highest BCUT2D eigenvalue weighted by Crippen LogP contribution is 2.04. The van der Waals surface area contributed by atoms with Crippen LogP contribution in [0.1, 0.15) is 12.8 Å². The van der Waals surface area contributed by atoms with Crippen LogP contribution in [0.5, 0.6) is 0 Å². The molecule has 1 aliphatic heterocycles. The van der Waals surface area contributed by atoms with Gasteiger partial charge < -0.3 is 0 Å². The molecule has 0 aromatic heterocycles. The largest absolute Gasteiger partial charge is 0.296 e. The zero-order chi connectivity index (χ0) is 6.85. The Labute approximate surface area is 57.0 Å². The third-order valence-electron chi connectivity index (χ3n) is 1.14. The van der Waals surface area contributed by atoms with Crippen molar-refractivity contribution in [2.24, 2.45) is 0 Å². The summed E-state index contributed by atoms with van der Waals surface area (Å²) in [5, 5.41) is 0.856. The topological polar surface area (TPSA) is 51.4 Å². The maximum absolute atomic E-state index is 10.6. The van der Waals surface area contributed by atoms with E-state index < -0.39 is 0 Å². The summed E-state index contributed by atoms with van der Waals surface area (Å²) in [5.74, 6) is -0.481. The summed E-state index contributed by atoms with van der Waals surface area (Å²) in [6.07, 6.45) is 0.560. The lowest BCUT2D eigenvalue weighted by Crippen LogP contribution is -2.79. The van der Waals surface area contributed by atoms with E-state index in [4.69, 9.17) is 0 Å². The van der Waals surface area contributed by atoms with Gasteiger partial charge in [0.25, 0.3) is 24.2 Å². The minimum absolute atomic E-state index is 0.241. The van der Waals surface area contributed by atoms with Gasteiger partial charge in [0, 0.05) is 12.8 Å². The van der Waals surface area contributed by atoms with Crippen molar-refractivity contribution in [2.75, 3.05) is 0 Å². The molecule has 9 heavy (non-hydrogen) atoms. The third kappa shape index (κ3) is 0.951. The molecule has 0 bridgehead atoms. The van der Waals surface area contributed by atoms with Gasteiger partial charge in [0.2, 0.25) is 0 Å². The molecule has 4 nitrogen and oxygen atoms in total. The molecule has 1 aliphatic rings. The number of hydrogen-bond donors (Lipinski definition) is 1. The standard InChI is InChI=1S/C4H4N2O2S/c7-3-1-2-4(8)6(3)5-9/h1-2H2/p+1. The Bertz CT molecular complexity index is 163. The molecule has 1 rings (SSSR count). The monoisotopic (exact) mass is 145 g/mol. The Balaban J connectivity index is 2.77. The molecule has 0 spiro atoms. The van der Waals surface area contributed by atoms with Crippen LogP contribution in [0.25, 0.3) is 0 Å². The fourth-order valence-electron chi connectivity index (χ4n) is 0.678. The van der Waals surface area contributed by atoms with Gasteiger partial charge in [-0.1, -0.05) is 0 Å². The number of carbonyl (C=O) groups excluding carboxylic acids is 2. The number of hydrazine groups is 1. The van der Waals surface area contributed by atoms with Crippen LogP contribution >= 0.6 is 0 Å². The first-order valence-corrected chi connectivity index (χ1v) is 2.90. The summed E-state index contributed by atoms with van der Waals surface area (Å²) in [6, 6.07) is 0. The average molecular weight is 145 g/mol. The van der Waals surface area contributed by atoms with Crippen molar-refractivity contribution in [1.82, 2.24) is 5.01 Å². The van der Waals surface area contributed by atoms with E-state index in [2.05, 4.69) is 16.9 Å². The molecule has 1 heterocycles. The summed E-state index contributed by atoms with van der Waals surface area (Å²) in [6.45, 7) is 0. The van der Waals surface area contributed by atoms with E-state index in [1.165, 1.54) is 0 Å². The Morgan fingerprint density at radius 2 is 1.78 bits per heavy atom. The normalized spacial score (nSPS) is 18.9. The van der Waals surface area contributed by atoms with Gasteiger partial charge in [-0.05, 0) is 9.48 Å². The zero-order valence-electron chi connectivity index (χ0n) is 4.59. The van der Waals surface area contributed by atoms with Gasteiger partial charge in [-0.2, -0.15) is 0 Å². The van der Waals surface area contributed by atoms with Gasteiger partial charge in [0.1, 0.15) is 0 Å². The molecule has 5 heteroatoms. The Hall–Kier alpha value is -0.840. The van der Waals surface area contributed by atoms with E-state index in [9.17, 15) is 9.59 Å². The predicted molar refractivity (Wildman–Crippen MR) is 29.4 cm³/mol. The van der Waals surface area contributed by atoms with Crippen LogP contribution in [0.2, 0.25) is 0 Å². The maximum atomic E-state index is 10.6. The van der Waals surface area contributed by atoms with Crippen molar-refractivity contribution >= 4 is 24.2 Å². The molecule has 1 N–H and O–H groups in total. The van der Waals surface area contributed by atoms with E-state index in [-0.39, 0.29) is 24.7 Å². The maximum Gasteiger partial charge on any atom is 0.296 e. The predicted octanol–water partition coefficient (Wildman–Crippen LogP) is -2.14. The summed E-state index contributed by atoms with van der Waals surface area (Å²) in [5.41, 5.74) is 0. The molecular weight excluding hydrogens is 140 g/mol. The highest BCUT2D eigenvalue weighted by molar-refractivity contribution is 7.43. The van der Waals surface area contributed by atoms with Crippen molar-refractivity contribution in [3.05, 3.63) is 0 Å². The first-order valence-electron chi connectivity index (χ1n) is 2.49. The van der Waals surface area contributed by atoms with E-state index in [0.29, 0.717) is 0 Å². The van der Waals surface area contributed by atoms with E-state index in [0.717, 1.165) is 5.01 Å². The molecule has 0 aromatic rings. The molecule has 0 aromatic carbocycles. The first kappa shape index (κ1) is 6.28. The second-order valence-electron chi connectivity index (χ2n) is 1.71. The Kier molecular flexibility index (Phi) is 1.52. The van der Waals surface area contributed by atoms with Crippen LogP contribution in [0.4, 0.5) is 0 Å². The van der Waals surface area contributed by atoms with E-state index >= 15 is 0 Å². The average Bonchev–Trinajstić information content (AvgIpc) is 2.12. The highest BCUT2D eigenvalue weighted by atomic mass is 32.1. The number of hydrogen-bond acceptors (Lipinski definition) is 3. The molecule has 1 saturated heterocycles. The molecule has 0 radical (unpaired) electrons. The smallest absolute Gasteiger partial charge is 0.268 e. The summed E-state index contributed by atoms with van der Waals surface area (Å²) < 4.78 is 2.08. The highest BCUT2D eigenvalue weighted by Gasteiger charge is 2.33. The SMILES string of the molecule is O=C1CCC(=O)N1[NH+]=S. The lowest BCUT2D eigenvalue weighted by molar-refractivity contribution is -0.572. The van der Waals surface area contributed by atoms with Gasteiger partial charge in [-0.25, -0.2) is 0 Å². The van der Waals surface area contributed by atoms with Crippen LogP contribution < -0.4 is 4.47 Å². The molecule has 1 fully saturated rings. The van der Waals surface area contributed by atoms with Crippen molar-refractivity contribution in [3.8, 4) is 0 Å².